The zero-order valence-electron chi connectivity index (χ0n) is 15.0. The van der Waals surface area contributed by atoms with E-state index in [0.717, 1.165) is 11.4 Å². The van der Waals surface area contributed by atoms with Crippen molar-refractivity contribution in [3.8, 4) is 11.6 Å². The van der Waals surface area contributed by atoms with Crippen LogP contribution in [-0.4, -0.2) is 34.7 Å². The van der Waals surface area contributed by atoms with Crippen LogP contribution in [0.15, 0.2) is 46.0 Å². The van der Waals surface area contributed by atoms with E-state index in [9.17, 15) is 0 Å². The molecule has 3 N–H and O–H groups in total. The molecule has 1 atom stereocenters. The maximum atomic E-state index is 6.09. The van der Waals surface area contributed by atoms with Gasteiger partial charge in [0.15, 0.2) is 11.7 Å². The van der Waals surface area contributed by atoms with Gasteiger partial charge in [-0.2, -0.15) is 5.10 Å². The number of aliphatic imine (C=N–C) groups is 1. The summed E-state index contributed by atoms with van der Waals surface area (Å²) in [4.78, 5) is 8.66. The number of furan rings is 1. The van der Waals surface area contributed by atoms with Crippen LogP contribution in [-0.2, 0) is 6.42 Å². The van der Waals surface area contributed by atoms with Gasteiger partial charge in [0.2, 0.25) is 5.82 Å². The average Bonchev–Trinajstić information content (AvgIpc) is 3.34. The van der Waals surface area contributed by atoms with Crippen molar-refractivity contribution in [1.29, 1.82) is 0 Å². The van der Waals surface area contributed by atoms with Gasteiger partial charge in [-0.25, -0.2) is 4.98 Å². The second-order valence-electron chi connectivity index (χ2n) is 5.87. The summed E-state index contributed by atoms with van der Waals surface area (Å²) in [6.07, 6.45) is 2.26. The van der Waals surface area contributed by atoms with Gasteiger partial charge >= 0.3 is 0 Å². The molecule has 0 fully saturated rings. The van der Waals surface area contributed by atoms with Crippen molar-refractivity contribution in [3.05, 3.63) is 58.0 Å². The van der Waals surface area contributed by atoms with Gasteiger partial charge in [0.05, 0.1) is 22.4 Å². The number of nitrogens with zero attached hydrogens (tertiary/aromatic N) is 3. The van der Waals surface area contributed by atoms with Gasteiger partial charge in [0, 0.05) is 20.0 Å². The number of benzene rings is 1. The van der Waals surface area contributed by atoms with Crippen molar-refractivity contribution >= 4 is 29.2 Å². The Morgan fingerprint density at radius 1 is 1.30 bits per heavy atom. The standard InChI is InChI=1S/C18H20Cl2N6O/c1-11(12-5-6-13(19)14(20)10-12)23-18(21-2)22-8-7-16-24-17(26-25-16)15-4-3-9-27-15/h3-6,9-11H,7-8H2,1-2H3,(H2,21,22,23)(H,24,25,26). The van der Waals surface area contributed by atoms with E-state index >= 15 is 0 Å². The predicted octanol–water partition coefficient (Wildman–Crippen LogP) is 3.84. The van der Waals surface area contributed by atoms with E-state index in [1.807, 2.05) is 25.1 Å². The number of aromatic nitrogens is 3. The second-order valence-corrected chi connectivity index (χ2v) is 6.69. The lowest BCUT2D eigenvalue weighted by Crippen LogP contribution is -2.39. The fraction of sp³-hybridized carbons (Fsp3) is 0.278. The third-order valence-corrected chi connectivity index (χ3v) is 4.69. The number of hydrogen-bond acceptors (Lipinski definition) is 4. The highest BCUT2D eigenvalue weighted by Gasteiger charge is 2.11. The zero-order chi connectivity index (χ0) is 19.2. The molecule has 1 aromatic carbocycles. The van der Waals surface area contributed by atoms with Crippen LogP contribution >= 0.6 is 23.2 Å². The molecule has 9 heteroatoms. The highest BCUT2D eigenvalue weighted by atomic mass is 35.5. The van der Waals surface area contributed by atoms with Crippen LogP contribution in [0.1, 0.15) is 24.4 Å². The molecular weight excluding hydrogens is 387 g/mol. The summed E-state index contributed by atoms with van der Waals surface area (Å²) in [6, 6.07) is 9.21. The van der Waals surface area contributed by atoms with Gasteiger partial charge in [0.1, 0.15) is 5.82 Å². The molecule has 1 unspecified atom stereocenters. The first-order chi connectivity index (χ1) is 13.1. The molecule has 2 heterocycles. The van der Waals surface area contributed by atoms with Crippen LogP contribution < -0.4 is 10.6 Å². The van der Waals surface area contributed by atoms with Gasteiger partial charge in [0.25, 0.3) is 0 Å². The summed E-state index contributed by atoms with van der Waals surface area (Å²) in [5, 5.41) is 14.7. The molecule has 0 bridgehead atoms. The summed E-state index contributed by atoms with van der Waals surface area (Å²) >= 11 is 12.1. The molecule has 0 radical (unpaired) electrons. The Labute approximate surface area is 167 Å². The Hall–Kier alpha value is -2.51. The predicted molar refractivity (Wildman–Crippen MR) is 107 cm³/mol. The number of halogens is 2. The largest absolute Gasteiger partial charge is 0.461 e. The zero-order valence-corrected chi connectivity index (χ0v) is 16.5. The number of hydrogen-bond donors (Lipinski definition) is 3. The summed E-state index contributed by atoms with van der Waals surface area (Å²) in [5.74, 6) is 2.63. The molecule has 0 aliphatic carbocycles. The molecule has 142 valence electrons. The van der Waals surface area contributed by atoms with Crippen LogP contribution in [0.5, 0.6) is 0 Å². The Bertz CT molecular complexity index is 906. The van der Waals surface area contributed by atoms with Crippen LogP contribution in [0, 0.1) is 0 Å². The van der Waals surface area contributed by atoms with Gasteiger partial charge in [-0.05, 0) is 36.8 Å². The summed E-state index contributed by atoms with van der Waals surface area (Å²) < 4.78 is 5.29. The van der Waals surface area contributed by atoms with E-state index in [4.69, 9.17) is 27.6 Å². The minimum absolute atomic E-state index is 0.0156. The topological polar surface area (TPSA) is 91.1 Å². The molecule has 0 aliphatic rings. The third-order valence-electron chi connectivity index (χ3n) is 3.95. The monoisotopic (exact) mass is 406 g/mol. The van der Waals surface area contributed by atoms with E-state index in [-0.39, 0.29) is 6.04 Å². The first kappa shape index (κ1) is 19.3. The van der Waals surface area contributed by atoms with Crippen LogP contribution in [0.3, 0.4) is 0 Å². The maximum absolute atomic E-state index is 6.09. The highest BCUT2D eigenvalue weighted by Crippen LogP contribution is 2.25. The average molecular weight is 407 g/mol. The van der Waals surface area contributed by atoms with Crippen LogP contribution in [0.25, 0.3) is 11.6 Å². The molecule has 2 aromatic heterocycles. The van der Waals surface area contributed by atoms with E-state index in [0.29, 0.717) is 40.6 Å². The molecule has 0 aliphatic heterocycles. The number of rotatable bonds is 6. The minimum Gasteiger partial charge on any atom is -0.461 e. The van der Waals surface area contributed by atoms with Crippen molar-refractivity contribution in [2.24, 2.45) is 4.99 Å². The van der Waals surface area contributed by atoms with E-state index < -0.39 is 0 Å². The van der Waals surface area contributed by atoms with Gasteiger partial charge in [-0.15, -0.1) is 0 Å². The maximum Gasteiger partial charge on any atom is 0.216 e. The van der Waals surface area contributed by atoms with Crippen molar-refractivity contribution < 1.29 is 4.42 Å². The van der Waals surface area contributed by atoms with Crippen molar-refractivity contribution in [2.75, 3.05) is 13.6 Å². The lowest BCUT2D eigenvalue weighted by molar-refractivity contribution is 0.577. The smallest absolute Gasteiger partial charge is 0.216 e. The molecule has 0 saturated carbocycles. The Balaban J connectivity index is 1.51. The summed E-state index contributed by atoms with van der Waals surface area (Å²) in [7, 11) is 1.72. The first-order valence-electron chi connectivity index (χ1n) is 8.44. The van der Waals surface area contributed by atoms with Crippen molar-refractivity contribution in [2.45, 2.75) is 19.4 Å². The number of H-pyrrole nitrogens is 1. The molecule has 0 amide bonds. The van der Waals surface area contributed by atoms with E-state index in [1.54, 1.807) is 25.4 Å². The first-order valence-corrected chi connectivity index (χ1v) is 9.19. The highest BCUT2D eigenvalue weighted by molar-refractivity contribution is 6.42. The quantitative estimate of drug-likeness (QED) is 0.427. The van der Waals surface area contributed by atoms with E-state index in [2.05, 4.69) is 30.8 Å². The number of aromatic amines is 1. The second kappa shape index (κ2) is 8.92. The lowest BCUT2D eigenvalue weighted by Gasteiger charge is -2.18. The van der Waals surface area contributed by atoms with Crippen molar-refractivity contribution in [3.63, 3.8) is 0 Å². The third kappa shape index (κ3) is 5.02. The number of nitrogens with one attached hydrogen (secondary N) is 3. The SMILES string of the molecule is CN=C(NCCc1nc(-c2ccco2)n[nH]1)NC(C)c1ccc(Cl)c(Cl)c1. The number of guanidine groups is 1. The Kier molecular flexibility index (Phi) is 6.36. The summed E-state index contributed by atoms with van der Waals surface area (Å²) in [5.41, 5.74) is 1.02. The Morgan fingerprint density at radius 2 is 2.15 bits per heavy atom. The molecule has 0 saturated heterocycles. The van der Waals surface area contributed by atoms with Gasteiger partial charge in [-0.3, -0.25) is 10.1 Å². The van der Waals surface area contributed by atoms with Gasteiger partial charge in [-0.1, -0.05) is 29.3 Å². The molecule has 3 rings (SSSR count). The van der Waals surface area contributed by atoms with Crippen LogP contribution in [0.4, 0.5) is 0 Å². The molecular formula is C18H20Cl2N6O. The fourth-order valence-electron chi connectivity index (χ4n) is 2.49. The molecule has 27 heavy (non-hydrogen) atoms. The van der Waals surface area contributed by atoms with E-state index in [1.165, 1.54) is 0 Å². The molecule has 0 spiro atoms. The van der Waals surface area contributed by atoms with Crippen molar-refractivity contribution in [1.82, 2.24) is 25.8 Å². The normalized spacial score (nSPS) is 12.8. The lowest BCUT2D eigenvalue weighted by atomic mass is 10.1. The Morgan fingerprint density at radius 3 is 2.85 bits per heavy atom. The molecule has 3 aromatic rings. The fourth-order valence-corrected chi connectivity index (χ4v) is 2.79. The van der Waals surface area contributed by atoms with Gasteiger partial charge < -0.3 is 15.1 Å². The summed E-state index contributed by atoms with van der Waals surface area (Å²) in [6.45, 7) is 2.67. The van der Waals surface area contributed by atoms with Crippen LogP contribution in [0.2, 0.25) is 10.0 Å². The molecule has 7 nitrogen and oxygen atoms in total. The minimum atomic E-state index is 0.0156.